The van der Waals surface area contributed by atoms with Crippen molar-refractivity contribution in [3.05, 3.63) is 71.8 Å². The number of benzene rings is 3. The van der Waals surface area contributed by atoms with Gasteiger partial charge in [0.1, 0.15) is 28.8 Å². The molecule has 0 atom stereocenters. The quantitative estimate of drug-likeness (QED) is 0.520. The topological polar surface area (TPSA) is 59.0 Å². The van der Waals surface area contributed by atoms with E-state index in [4.69, 9.17) is 14.6 Å². The van der Waals surface area contributed by atoms with Crippen LogP contribution in [0, 0.1) is 23.3 Å². The standard InChI is InChI=1S/C22H17F4NO4/c1-27(21-15(24)7-9-16(20(21)26)31-11-18(28)29)22-17(30-2)8-6-14(19(22)25)12-4-3-5-13(23)10-12/h3-10H,11H2,1-2H3,(H,28,29). The molecular weight excluding hydrogens is 418 g/mol. The Balaban J connectivity index is 2.15. The molecule has 0 radical (unpaired) electrons. The second-order valence-corrected chi connectivity index (χ2v) is 6.44. The molecule has 0 spiro atoms. The first-order chi connectivity index (χ1) is 14.7. The summed E-state index contributed by atoms with van der Waals surface area (Å²) >= 11 is 0. The van der Waals surface area contributed by atoms with Gasteiger partial charge in [-0.15, -0.1) is 0 Å². The van der Waals surface area contributed by atoms with Crippen molar-refractivity contribution in [2.75, 3.05) is 25.7 Å². The zero-order chi connectivity index (χ0) is 22.7. The number of nitrogens with zero attached hydrogens (tertiary/aromatic N) is 1. The maximum atomic E-state index is 15.5. The summed E-state index contributed by atoms with van der Waals surface area (Å²) in [7, 11) is 2.46. The van der Waals surface area contributed by atoms with Crippen molar-refractivity contribution in [1.29, 1.82) is 0 Å². The average Bonchev–Trinajstić information content (AvgIpc) is 2.72. The van der Waals surface area contributed by atoms with E-state index in [0.717, 1.165) is 23.1 Å². The maximum Gasteiger partial charge on any atom is 0.341 e. The average molecular weight is 435 g/mol. The van der Waals surface area contributed by atoms with Crippen LogP contribution in [-0.2, 0) is 4.79 Å². The van der Waals surface area contributed by atoms with E-state index in [1.165, 1.54) is 44.5 Å². The van der Waals surface area contributed by atoms with E-state index in [1.807, 2.05) is 0 Å². The van der Waals surface area contributed by atoms with Gasteiger partial charge < -0.3 is 19.5 Å². The van der Waals surface area contributed by atoms with Crippen LogP contribution in [0.3, 0.4) is 0 Å². The van der Waals surface area contributed by atoms with Gasteiger partial charge in [0, 0.05) is 12.6 Å². The van der Waals surface area contributed by atoms with Gasteiger partial charge in [-0.25, -0.2) is 22.4 Å². The Labute approximate surface area is 175 Å². The normalized spacial score (nSPS) is 10.6. The third-order valence-electron chi connectivity index (χ3n) is 4.49. The molecule has 0 saturated carbocycles. The van der Waals surface area contributed by atoms with E-state index >= 15 is 4.39 Å². The number of carboxylic acid groups (broad SMARTS) is 1. The SMILES string of the molecule is COc1ccc(-c2cccc(F)c2)c(F)c1N(C)c1c(F)ccc(OCC(=O)O)c1F. The Morgan fingerprint density at radius 2 is 1.68 bits per heavy atom. The summed E-state index contributed by atoms with van der Waals surface area (Å²) in [6, 6.07) is 9.75. The number of carboxylic acids is 1. The highest BCUT2D eigenvalue weighted by molar-refractivity contribution is 5.78. The largest absolute Gasteiger partial charge is 0.494 e. The molecular formula is C22H17F4NO4. The zero-order valence-electron chi connectivity index (χ0n) is 16.5. The third-order valence-corrected chi connectivity index (χ3v) is 4.49. The molecule has 3 aromatic rings. The summed E-state index contributed by atoms with van der Waals surface area (Å²) in [6.07, 6.45) is 0. The second kappa shape index (κ2) is 8.95. The number of ether oxygens (including phenoxy) is 2. The Morgan fingerprint density at radius 1 is 0.968 bits per heavy atom. The summed E-state index contributed by atoms with van der Waals surface area (Å²) in [4.78, 5) is 11.6. The van der Waals surface area contributed by atoms with Crippen LogP contribution in [0.25, 0.3) is 11.1 Å². The van der Waals surface area contributed by atoms with E-state index in [-0.39, 0.29) is 22.6 Å². The molecule has 0 aromatic heterocycles. The van der Waals surface area contributed by atoms with Gasteiger partial charge >= 0.3 is 5.97 Å². The Hall–Kier alpha value is -3.75. The Kier molecular flexibility index (Phi) is 6.33. The molecule has 0 amide bonds. The molecule has 0 aliphatic heterocycles. The van der Waals surface area contributed by atoms with Crippen molar-refractivity contribution in [3.63, 3.8) is 0 Å². The fourth-order valence-corrected chi connectivity index (χ4v) is 3.10. The van der Waals surface area contributed by atoms with Crippen molar-refractivity contribution in [1.82, 2.24) is 0 Å². The lowest BCUT2D eigenvalue weighted by molar-refractivity contribution is -0.139. The third kappa shape index (κ3) is 4.40. The summed E-state index contributed by atoms with van der Waals surface area (Å²) < 4.78 is 68.6. The first kappa shape index (κ1) is 21.9. The first-order valence-corrected chi connectivity index (χ1v) is 8.93. The zero-order valence-corrected chi connectivity index (χ0v) is 16.5. The van der Waals surface area contributed by atoms with Gasteiger partial charge in [0.25, 0.3) is 0 Å². The predicted octanol–water partition coefficient (Wildman–Crippen LogP) is 5.15. The van der Waals surface area contributed by atoms with Gasteiger partial charge in [0.2, 0.25) is 0 Å². The minimum Gasteiger partial charge on any atom is -0.494 e. The first-order valence-electron chi connectivity index (χ1n) is 8.93. The van der Waals surface area contributed by atoms with Crippen LogP contribution < -0.4 is 14.4 Å². The van der Waals surface area contributed by atoms with Crippen molar-refractivity contribution in [2.45, 2.75) is 0 Å². The molecule has 0 saturated heterocycles. The molecule has 162 valence electrons. The van der Waals surface area contributed by atoms with Gasteiger partial charge in [-0.2, -0.15) is 0 Å². The van der Waals surface area contributed by atoms with Crippen molar-refractivity contribution < 1.29 is 36.9 Å². The molecule has 3 aromatic carbocycles. The molecule has 5 nitrogen and oxygen atoms in total. The molecule has 1 N–H and O–H groups in total. The van der Waals surface area contributed by atoms with Gasteiger partial charge in [-0.3, -0.25) is 0 Å². The lowest BCUT2D eigenvalue weighted by Crippen LogP contribution is -2.18. The monoisotopic (exact) mass is 435 g/mol. The molecule has 0 aliphatic rings. The Bertz CT molecular complexity index is 1140. The van der Waals surface area contributed by atoms with Crippen LogP contribution >= 0.6 is 0 Å². The minimum absolute atomic E-state index is 0.0127. The highest BCUT2D eigenvalue weighted by Crippen LogP contribution is 2.42. The van der Waals surface area contributed by atoms with Gasteiger partial charge in [0.15, 0.2) is 24.0 Å². The number of rotatable bonds is 7. The number of aliphatic carboxylic acids is 1. The number of hydrogen-bond donors (Lipinski definition) is 1. The molecule has 31 heavy (non-hydrogen) atoms. The number of hydrogen-bond acceptors (Lipinski definition) is 4. The highest BCUT2D eigenvalue weighted by atomic mass is 19.1. The Morgan fingerprint density at radius 3 is 2.32 bits per heavy atom. The van der Waals surface area contributed by atoms with Gasteiger partial charge in [-0.1, -0.05) is 12.1 Å². The maximum absolute atomic E-state index is 15.5. The van der Waals surface area contributed by atoms with Crippen LogP contribution in [0.15, 0.2) is 48.5 Å². The highest BCUT2D eigenvalue weighted by Gasteiger charge is 2.26. The molecule has 0 aliphatic carbocycles. The van der Waals surface area contributed by atoms with Crippen LogP contribution in [0.5, 0.6) is 11.5 Å². The molecule has 3 rings (SSSR count). The number of methoxy groups -OCH3 is 1. The van der Waals surface area contributed by atoms with E-state index < -0.39 is 47.3 Å². The predicted molar refractivity (Wildman–Crippen MR) is 106 cm³/mol. The minimum atomic E-state index is -1.35. The second-order valence-electron chi connectivity index (χ2n) is 6.44. The van der Waals surface area contributed by atoms with Gasteiger partial charge in [0.05, 0.1) is 7.11 Å². The van der Waals surface area contributed by atoms with Crippen LogP contribution in [0.1, 0.15) is 0 Å². The summed E-state index contributed by atoms with van der Waals surface area (Å²) in [5, 5.41) is 8.71. The van der Waals surface area contributed by atoms with Crippen molar-refractivity contribution in [3.8, 4) is 22.6 Å². The van der Waals surface area contributed by atoms with Crippen molar-refractivity contribution >= 4 is 17.3 Å². The summed E-state index contributed by atoms with van der Waals surface area (Å²) in [5.74, 6) is -5.65. The van der Waals surface area contributed by atoms with E-state index in [0.29, 0.717) is 0 Å². The molecule has 0 heterocycles. The summed E-state index contributed by atoms with van der Waals surface area (Å²) in [6.45, 7) is -0.849. The van der Waals surface area contributed by atoms with Crippen LogP contribution in [0.4, 0.5) is 28.9 Å². The number of carbonyl (C=O) groups is 1. The number of anilines is 2. The molecule has 9 heteroatoms. The lowest BCUT2D eigenvalue weighted by Gasteiger charge is -2.25. The number of halogens is 4. The molecule has 0 bridgehead atoms. The van der Waals surface area contributed by atoms with E-state index in [9.17, 15) is 18.0 Å². The van der Waals surface area contributed by atoms with E-state index in [1.54, 1.807) is 0 Å². The molecule has 0 unspecified atom stereocenters. The smallest absolute Gasteiger partial charge is 0.341 e. The molecule has 0 fully saturated rings. The van der Waals surface area contributed by atoms with E-state index in [2.05, 4.69) is 0 Å². The fraction of sp³-hybridized carbons (Fsp3) is 0.136. The van der Waals surface area contributed by atoms with Crippen LogP contribution in [-0.4, -0.2) is 31.8 Å². The fourth-order valence-electron chi connectivity index (χ4n) is 3.10. The van der Waals surface area contributed by atoms with Gasteiger partial charge in [-0.05, 0) is 42.0 Å². The lowest BCUT2D eigenvalue weighted by atomic mass is 10.0. The summed E-state index contributed by atoms with van der Waals surface area (Å²) in [5.41, 5.74) is -0.788. The van der Waals surface area contributed by atoms with Crippen LogP contribution in [0.2, 0.25) is 0 Å². The van der Waals surface area contributed by atoms with Crippen molar-refractivity contribution in [2.24, 2.45) is 0 Å².